The number of likely N-dealkylation sites (tertiary alicyclic amines) is 1. The summed E-state index contributed by atoms with van der Waals surface area (Å²) in [4.78, 5) is 7.08. The van der Waals surface area contributed by atoms with Crippen molar-refractivity contribution in [1.82, 2.24) is 15.2 Å². The first-order chi connectivity index (χ1) is 7.77. The minimum absolute atomic E-state index is 0.487. The van der Waals surface area contributed by atoms with E-state index in [0.717, 1.165) is 11.8 Å². The Kier molecular flexibility index (Phi) is 2.73. The van der Waals surface area contributed by atoms with Crippen molar-refractivity contribution in [2.75, 3.05) is 19.6 Å². The molecule has 1 aromatic rings. The van der Waals surface area contributed by atoms with Crippen LogP contribution in [0, 0.1) is 11.8 Å². The summed E-state index contributed by atoms with van der Waals surface area (Å²) >= 11 is 1.78. The minimum Gasteiger partial charge on any atom is -0.316 e. The van der Waals surface area contributed by atoms with Gasteiger partial charge in [-0.2, -0.15) is 0 Å². The molecule has 0 spiro atoms. The van der Waals surface area contributed by atoms with E-state index < -0.39 is 0 Å². The number of nitrogens with zero attached hydrogens (tertiary/aromatic N) is 2. The molecule has 2 fully saturated rings. The van der Waals surface area contributed by atoms with Crippen LogP contribution in [-0.2, 0) is 0 Å². The van der Waals surface area contributed by atoms with Crippen LogP contribution in [0.1, 0.15) is 24.9 Å². The molecule has 2 aliphatic rings. The Hall–Kier alpha value is -0.450. The second-order valence-corrected chi connectivity index (χ2v) is 5.99. The van der Waals surface area contributed by atoms with Crippen LogP contribution in [0.3, 0.4) is 0 Å². The third kappa shape index (κ3) is 1.60. The minimum atomic E-state index is 0.487. The first-order valence-corrected chi connectivity index (χ1v) is 7.01. The largest absolute Gasteiger partial charge is 0.316 e. The highest BCUT2D eigenvalue weighted by atomic mass is 32.1. The first-order valence-electron chi connectivity index (χ1n) is 6.13. The first kappa shape index (κ1) is 10.7. The second kappa shape index (κ2) is 4.09. The molecule has 16 heavy (non-hydrogen) atoms. The van der Waals surface area contributed by atoms with Gasteiger partial charge < -0.3 is 5.32 Å². The number of fused-ring (bicyclic) bond motifs is 1. The van der Waals surface area contributed by atoms with Gasteiger partial charge in [0.25, 0.3) is 0 Å². The summed E-state index contributed by atoms with van der Waals surface area (Å²) in [6.07, 6.45) is 1.92. The summed E-state index contributed by atoms with van der Waals surface area (Å²) in [5, 5.41) is 6.85. The van der Waals surface area contributed by atoms with Gasteiger partial charge in [-0.25, -0.2) is 4.98 Å². The number of rotatable bonds is 2. The summed E-state index contributed by atoms with van der Waals surface area (Å²) < 4.78 is 0. The van der Waals surface area contributed by atoms with Crippen molar-refractivity contribution < 1.29 is 0 Å². The average Bonchev–Trinajstić information content (AvgIpc) is 2.95. The van der Waals surface area contributed by atoms with Crippen LogP contribution in [0.2, 0.25) is 0 Å². The van der Waals surface area contributed by atoms with Gasteiger partial charge in [-0.1, -0.05) is 0 Å². The Morgan fingerprint density at radius 1 is 1.56 bits per heavy atom. The smallest absolute Gasteiger partial charge is 0.109 e. The maximum Gasteiger partial charge on any atom is 0.109 e. The lowest BCUT2D eigenvalue weighted by molar-refractivity contribution is 0.182. The van der Waals surface area contributed by atoms with E-state index in [1.165, 1.54) is 24.6 Å². The molecule has 0 saturated carbocycles. The fourth-order valence-corrected chi connectivity index (χ4v) is 4.01. The molecule has 4 atom stereocenters. The SMILES string of the molecule is CC(c1nccs1)N1CC2CNCC2C1C. The molecule has 0 aromatic carbocycles. The number of hydrogen-bond donors (Lipinski definition) is 1. The maximum absolute atomic E-state index is 4.45. The molecule has 0 bridgehead atoms. The maximum atomic E-state index is 4.45. The number of thiazole rings is 1. The highest BCUT2D eigenvalue weighted by Gasteiger charge is 2.43. The fourth-order valence-electron chi connectivity index (χ4n) is 3.29. The zero-order valence-corrected chi connectivity index (χ0v) is 10.7. The van der Waals surface area contributed by atoms with Gasteiger partial charge in [0.15, 0.2) is 0 Å². The molecule has 3 rings (SSSR count). The van der Waals surface area contributed by atoms with Gasteiger partial charge in [-0.3, -0.25) is 4.90 Å². The van der Waals surface area contributed by atoms with Crippen LogP contribution in [0.4, 0.5) is 0 Å². The average molecular weight is 237 g/mol. The lowest BCUT2D eigenvalue weighted by Gasteiger charge is -2.29. The van der Waals surface area contributed by atoms with Crippen LogP contribution in [0.25, 0.3) is 0 Å². The van der Waals surface area contributed by atoms with Gasteiger partial charge in [0.2, 0.25) is 0 Å². The molecular formula is C12H19N3S. The Bertz CT molecular complexity index is 351. The summed E-state index contributed by atoms with van der Waals surface area (Å²) in [5.41, 5.74) is 0. The standard InChI is InChI=1S/C12H19N3S/c1-8-11-6-13-5-10(11)7-15(8)9(2)12-14-3-4-16-12/h3-4,8-11,13H,5-7H2,1-2H3. The van der Waals surface area contributed by atoms with Gasteiger partial charge in [0.1, 0.15) is 5.01 Å². The van der Waals surface area contributed by atoms with E-state index >= 15 is 0 Å². The second-order valence-electron chi connectivity index (χ2n) is 5.07. The van der Waals surface area contributed by atoms with Crippen molar-refractivity contribution in [2.24, 2.45) is 11.8 Å². The predicted octanol–water partition coefficient (Wildman–Crippen LogP) is 1.74. The molecule has 4 heteroatoms. The van der Waals surface area contributed by atoms with Crippen LogP contribution in [0.15, 0.2) is 11.6 Å². The zero-order chi connectivity index (χ0) is 11.1. The molecule has 4 unspecified atom stereocenters. The molecule has 1 aromatic heterocycles. The van der Waals surface area contributed by atoms with E-state index in [1.807, 2.05) is 6.20 Å². The van der Waals surface area contributed by atoms with E-state index in [-0.39, 0.29) is 0 Å². The van der Waals surface area contributed by atoms with Crippen LogP contribution < -0.4 is 5.32 Å². The monoisotopic (exact) mass is 237 g/mol. The molecule has 0 amide bonds. The molecule has 1 N–H and O–H groups in total. The Morgan fingerprint density at radius 2 is 2.44 bits per heavy atom. The highest BCUT2D eigenvalue weighted by molar-refractivity contribution is 7.09. The van der Waals surface area contributed by atoms with E-state index in [4.69, 9.17) is 0 Å². The number of aromatic nitrogens is 1. The molecule has 2 aliphatic heterocycles. The third-order valence-electron chi connectivity index (χ3n) is 4.29. The molecular weight excluding hydrogens is 218 g/mol. The molecule has 2 saturated heterocycles. The van der Waals surface area contributed by atoms with Crippen molar-refractivity contribution in [3.8, 4) is 0 Å². The normalized spacial score (nSPS) is 36.5. The van der Waals surface area contributed by atoms with Gasteiger partial charge in [-0.15, -0.1) is 11.3 Å². The Morgan fingerprint density at radius 3 is 3.12 bits per heavy atom. The van der Waals surface area contributed by atoms with Crippen molar-refractivity contribution in [2.45, 2.75) is 25.9 Å². The predicted molar refractivity (Wildman–Crippen MR) is 66.5 cm³/mol. The van der Waals surface area contributed by atoms with Gasteiger partial charge in [0.05, 0.1) is 6.04 Å². The summed E-state index contributed by atoms with van der Waals surface area (Å²) in [7, 11) is 0. The van der Waals surface area contributed by atoms with Crippen LogP contribution in [-0.4, -0.2) is 35.6 Å². The lowest BCUT2D eigenvalue weighted by Crippen LogP contribution is -2.35. The van der Waals surface area contributed by atoms with Crippen molar-refractivity contribution in [1.29, 1.82) is 0 Å². The number of nitrogens with one attached hydrogen (secondary N) is 1. The van der Waals surface area contributed by atoms with E-state index in [1.54, 1.807) is 11.3 Å². The summed E-state index contributed by atoms with van der Waals surface area (Å²) in [6, 6.07) is 1.18. The van der Waals surface area contributed by atoms with Gasteiger partial charge in [-0.05, 0) is 38.8 Å². The highest BCUT2D eigenvalue weighted by Crippen LogP contribution is 2.37. The topological polar surface area (TPSA) is 28.2 Å². The molecule has 3 heterocycles. The van der Waals surface area contributed by atoms with Crippen LogP contribution >= 0.6 is 11.3 Å². The van der Waals surface area contributed by atoms with Gasteiger partial charge >= 0.3 is 0 Å². The van der Waals surface area contributed by atoms with Crippen molar-refractivity contribution >= 4 is 11.3 Å². The molecule has 3 nitrogen and oxygen atoms in total. The Balaban J connectivity index is 1.77. The van der Waals surface area contributed by atoms with Gasteiger partial charge in [0, 0.05) is 24.2 Å². The molecule has 0 aliphatic carbocycles. The Labute approximate surface area is 101 Å². The van der Waals surface area contributed by atoms with E-state index in [0.29, 0.717) is 12.1 Å². The molecule has 0 radical (unpaired) electrons. The quantitative estimate of drug-likeness (QED) is 0.849. The summed E-state index contributed by atoms with van der Waals surface area (Å²) in [6.45, 7) is 8.31. The number of hydrogen-bond acceptors (Lipinski definition) is 4. The zero-order valence-electron chi connectivity index (χ0n) is 9.89. The summed E-state index contributed by atoms with van der Waals surface area (Å²) in [5.74, 6) is 1.71. The van der Waals surface area contributed by atoms with Crippen molar-refractivity contribution in [3.05, 3.63) is 16.6 Å². The molecule has 88 valence electrons. The fraction of sp³-hybridized carbons (Fsp3) is 0.750. The van der Waals surface area contributed by atoms with E-state index in [9.17, 15) is 0 Å². The van der Waals surface area contributed by atoms with E-state index in [2.05, 4.69) is 34.4 Å². The van der Waals surface area contributed by atoms with Crippen molar-refractivity contribution in [3.63, 3.8) is 0 Å². The lowest BCUT2D eigenvalue weighted by atomic mass is 9.95. The third-order valence-corrected chi connectivity index (χ3v) is 5.23. The van der Waals surface area contributed by atoms with Crippen LogP contribution in [0.5, 0.6) is 0 Å².